The zero-order valence-corrected chi connectivity index (χ0v) is 15.0. The Balaban J connectivity index is 2.32. The fraction of sp³-hybridized carbons (Fsp3) is 0.158. The van der Waals surface area contributed by atoms with Gasteiger partial charge in [-0.05, 0) is 31.1 Å². The third-order valence-corrected chi connectivity index (χ3v) is 4.61. The summed E-state index contributed by atoms with van der Waals surface area (Å²) in [5.74, 6) is -1.20. The number of hydrogen-bond donors (Lipinski definition) is 1. The molecular weight excluding hydrogens is 350 g/mol. The van der Waals surface area contributed by atoms with Gasteiger partial charge in [-0.3, -0.25) is 4.79 Å². The second kappa shape index (κ2) is 8.61. The SMILES string of the molecule is CCOC(=O)c1sc(NC(=O)/C(C#N)=C/c2ccccc2)c(C#N)c1C. The summed E-state index contributed by atoms with van der Waals surface area (Å²) in [7, 11) is 0. The minimum atomic E-state index is -0.649. The summed E-state index contributed by atoms with van der Waals surface area (Å²) in [5, 5.41) is 21.4. The number of esters is 1. The van der Waals surface area contributed by atoms with E-state index in [9.17, 15) is 20.1 Å². The first-order valence-corrected chi connectivity index (χ1v) is 8.52. The number of nitrogens with one attached hydrogen (secondary N) is 1. The minimum Gasteiger partial charge on any atom is -0.462 e. The van der Waals surface area contributed by atoms with Crippen LogP contribution in [-0.4, -0.2) is 18.5 Å². The van der Waals surface area contributed by atoms with Crippen LogP contribution in [0.4, 0.5) is 5.00 Å². The molecule has 1 amide bonds. The molecular formula is C19H15N3O3S. The number of nitriles is 2. The van der Waals surface area contributed by atoms with Crippen molar-refractivity contribution in [3.8, 4) is 12.1 Å². The number of thiophene rings is 1. The van der Waals surface area contributed by atoms with E-state index in [0.717, 1.165) is 11.3 Å². The van der Waals surface area contributed by atoms with Crippen molar-refractivity contribution in [3.05, 3.63) is 57.5 Å². The molecule has 130 valence electrons. The Kier molecular flexibility index (Phi) is 6.26. The van der Waals surface area contributed by atoms with Crippen LogP contribution in [0.15, 0.2) is 35.9 Å². The van der Waals surface area contributed by atoms with E-state index < -0.39 is 11.9 Å². The van der Waals surface area contributed by atoms with E-state index >= 15 is 0 Å². The van der Waals surface area contributed by atoms with Crippen LogP contribution in [0.25, 0.3) is 6.08 Å². The van der Waals surface area contributed by atoms with Crippen LogP contribution in [0, 0.1) is 29.6 Å². The molecule has 1 aromatic heterocycles. The molecule has 0 aliphatic rings. The van der Waals surface area contributed by atoms with Gasteiger partial charge in [-0.25, -0.2) is 4.79 Å². The topological polar surface area (TPSA) is 103 Å². The highest BCUT2D eigenvalue weighted by Gasteiger charge is 2.23. The first kappa shape index (κ1) is 18.9. The number of nitrogens with zero attached hydrogens (tertiary/aromatic N) is 2. The molecule has 7 heteroatoms. The van der Waals surface area contributed by atoms with E-state index in [2.05, 4.69) is 5.32 Å². The Morgan fingerprint density at radius 1 is 1.27 bits per heavy atom. The molecule has 2 rings (SSSR count). The zero-order valence-electron chi connectivity index (χ0n) is 14.2. The highest BCUT2D eigenvalue weighted by molar-refractivity contribution is 7.18. The summed E-state index contributed by atoms with van der Waals surface area (Å²) in [6, 6.07) is 12.8. The third kappa shape index (κ3) is 4.15. The number of carbonyl (C=O) groups is 2. The number of ether oxygens (including phenoxy) is 1. The number of benzene rings is 1. The third-order valence-electron chi connectivity index (χ3n) is 3.42. The van der Waals surface area contributed by atoms with Gasteiger partial charge < -0.3 is 10.1 Å². The number of carbonyl (C=O) groups excluding carboxylic acids is 2. The van der Waals surface area contributed by atoms with Crippen LogP contribution in [-0.2, 0) is 9.53 Å². The molecule has 0 atom stereocenters. The Morgan fingerprint density at radius 3 is 2.54 bits per heavy atom. The average Bonchev–Trinajstić information content (AvgIpc) is 2.96. The molecule has 0 aliphatic carbocycles. The molecule has 0 saturated heterocycles. The van der Waals surface area contributed by atoms with Gasteiger partial charge in [-0.1, -0.05) is 30.3 Å². The normalized spacial score (nSPS) is 10.5. The maximum Gasteiger partial charge on any atom is 0.348 e. The van der Waals surface area contributed by atoms with E-state index in [1.807, 2.05) is 18.2 Å². The molecule has 2 aromatic rings. The molecule has 0 saturated carbocycles. The summed E-state index contributed by atoms with van der Waals surface area (Å²) in [6.07, 6.45) is 1.45. The second-order valence-electron chi connectivity index (χ2n) is 5.13. The van der Waals surface area contributed by atoms with Gasteiger partial charge in [0, 0.05) is 0 Å². The smallest absolute Gasteiger partial charge is 0.348 e. The maximum absolute atomic E-state index is 12.4. The summed E-state index contributed by atoms with van der Waals surface area (Å²) in [5.41, 5.74) is 1.22. The van der Waals surface area contributed by atoms with E-state index in [-0.39, 0.29) is 27.6 Å². The number of anilines is 1. The lowest BCUT2D eigenvalue weighted by Gasteiger charge is -2.02. The van der Waals surface area contributed by atoms with E-state index in [0.29, 0.717) is 11.1 Å². The highest BCUT2D eigenvalue weighted by Crippen LogP contribution is 2.33. The van der Waals surface area contributed by atoms with Crippen LogP contribution in [0.3, 0.4) is 0 Å². The number of amides is 1. The summed E-state index contributed by atoms with van der Waals surface area (Å²) in [6.45, 7) is 3.50. The van der Waals surface area contributed by atoms with Gasteiger partial charge >= 0.3 is 5.97 Å². The van der Waals surface area contributed by atoms with Crippen molar-refractivity contribution >= 4 is 34.3 Å². The van der Waals surface area contributed by atoms with Crippen molar-refractivity contribution in [2.75, 3.05) is 11.9 Å². The van der Waals surface area contributed by atoms with Gasteiger partial charge in [-0.2, -0.15) is 10.5 Å². The Labute approximate surface area is 154 Å². The Hall–Kier alpha value is -3.42. The number of rotatable bonds is 5. The maximum atomic E-state index is 12.4. The van der Waals surface area contributed by atoms with Gasteiger partial charge in [0.15, 0.2) is 0 Å². The summed E-state index contributed by atoms with van der Waals surface area (Å²) < 4.78 is 4.96. The second-order valence-corrected chi connectivity index (χ2v) is 6.15. The molecule has 26 heavy (non-hydrogen) atoms. The monoisotopic (exact) mass is 365 g/mol. The number of hydrogen-bond acceptors (Lipinski definition) is 6. The molecule has 0 bridgehead atoms. The Bertz CT molecular complexity index is 947. The molecule has 0 fully saturated rings. The fourth-order valence-electron chi connectivity index (χ4n) is 2.16. The molecule has 1 heterocycles. The van der Waals surface area contributed by atoms with Crippen LogP contribution in [0.2, 0.25) is 0 Å². The molecule has 0 unspecified atom stereocenters. The standard InChI is InChI=1S/C19H15N3O3S/c1-3-25-19(24)16-12(2)15(11-21)18(26-16)22-17(23)14(10-20)9-13-7-5-4-6-8-13/h4-9H,3H2,1-2H3,(H,22,23)/b14-9+. The average molecular weight is 365 g/mol. The predicted molar refractivity (Wildman–Crippen MR) is 98.4 cm³/mol. The Morgan fingerprint density at radius 2 is 1.96 bits per heavy atom. The molecule has 0 spiro atoms. The minimum absolute atomic E-state index is 0.108. The lowest BCUT2D eigenvalue weighted by molar-refractivity contribution is -0.112. The van der Waals surface area contributed by atoms with Crippen molar-refractivity contribution in [3.63, 3.8) is 0 Å². The summed E-state index contributed by atoms with van der Waals surface area (Å²) in [4.78, 5) is 24.6. The molecule has 0 aliphatic heterocycles. The molecule has 6 nitrogen and oxygen atoms in total. The first-order valence-electron chi connectivity index (χ1n) is 7.70. The van der Waals surface area contributed by atoms with Crippen LogP contribution >= 0.6 is 11.3 Å². The van der Waals surface area contributed by atoms with Crippen molar-refractivity contribution in [1.29, 1.82) is 10.5 Å². The van der Waals surface area contributed by atoms with E-state index in [1.54, 1.807) is 38.1 Å². The lowest BCUT2D eigenvalue weighted by Crippen LogP contribution is -2.13. The predicted octanol–water partition coefficient (Wildman–Crippen LogP) is 3.65. The first-order chi connectivity index (χ1) is 12.5. The van der Waals surface area contributed by atoms with Crippen molar-refractivity contribution in [2.24, 2.45) is 0 Å². The quantitative estimate of drug-likeness (QED) is 0.495. The highest BCUT2D eigenvalue weighted by atomic mass is 32.1. The lowest BCUT2D eigenvalue weighted by atomic mass is 10.1. The van der Waals surface area contributed by atoms with Crippen LogP contribution in [0.5, 0.6) is 0 Å². The van der Waals surface area contributed by atoms with Gasteiger partial charge in [0.25, 0.3) is 5.91 Å². The van der Waals surface area contributed by atoms with Crippen LogP contribution in [0.1, 0.15) is 33.3 Å². The van der Waals surface area contributed by atoms with Gasteiger partial charge in [0.05, 0.1) is 12.2 Å². The van der Waals surface area contributed by atoms with Crippen molar-refractivity contribution in [1.82, 2.24) is 0 Å². The van der Waals surface area contributed by atoms with E-state index in [1.165, 1.54) is 6.08 Å². The van der Waals surface area contributed by atoms with Crippen molar-refractivity contribution in [2.45, 2.75) is 13.8 Å². The van der Waals surface area contributed by atoms with Gasteiger partial charge in [0.2, 0.25) is 0 Å². The molecule has 0 radical (unpaired) electrons. The summed E-state index contributed by atoms with van der Waals surface area (Å²) >= 11 is 0.956. The molecule has 1 aromatic carbocycles. The van der Waals surface area contributed by atoms with Gasteiger partial charge in [0.1, 0.15) is 27.6 Å². The van der Waals surface area contributed by atoms with Crippen molar-refractivity contribution < 1.29 is 14.3 Å². The van der Waals surface area contributed by atoms with Crippen LogP contribution < -0.4 is 5.32 Å². The largest absolute Gasteiger partial charge is 0.462 e. The fourth-order valence-corrected chi connectivity index (χ4v) is 3.21. The molecule has 1 N–H and O–H groups in total. The zero-order chi connectivity index (χ0) is 19.1. The van der Waals surface area contributed by atoms with E-state index in [4.69, 9.17) is 4.74 Å². The van der Waals surface area contributed by atoms with Gasteiger partial charge in [-0.15, -0.1) is 11.3 Å².